The number of rotatable bonds is 4. The predicted molar refractivity (Wildman–Crippen MR) is 116 cm³/mol. The molecule has 1 N–H and O–H groups in total. The van der Waals surface area contributed by atoms with Crippen LogP contribution in [0.25, 0.3) is 11.0 Å². The number of halogens is 1. The largest absolute Gasteiger partial charge is 0.325 e. The summed E-state index contributed by atoms with van der Waals surface area (Å²) in [4.78, 5) is 4.81. The van der Waals surface area contributed by atoms with Crippen molar-refractivity contribution in [2.45, 2.75) is 58.0 Å². The number of hydrogen-bond donors (Lipinski definition) is 1. The van der Waals surface area contributed by atoms with Crippen molar-refractivity contribution in [3.63, 3.8) is 0 Å². The van der Waals surface area contributed by atoms with Gasteiger partial charge in [0, 0.05) is 17.1 Å². The van der Waals surface area contributed by atoms with Gasteiger partial charge < -0.3 is 9.88 Å². The molecule has 1 aromatic heterocycles. The lowest BCUT2D eigenvalue weighted by molar-refractivity contribution is 0.425. The van der Waals surface area contributed by atoms with Crippen LogP contribution in [0.3, 0.4) is 0 Å². The zero-order valence-corrected chi connectivity index (χ0v) is 17.5. The van der Waals surface area contributed by atoms with Crippen molar-refractivity contribution in [3.8, 4) is 0 Å². The summed E-state index contributed by atoms with van der Waals surface area (Å²) in [5.41, 5.74) is 6.63. The van der Waals surface area contributed by atoms with Crippen LogP contribution in [0, 0.1) is 19.8 Å². The van der Waals surface area contributed by atoms with Crippen LogP contribution in [0.1, 0.15) is 47.8 Å². The quantitative estimate of drug-likeness (QED) is 0.642. The first-order valence-electron chi connectivity index (χ1n) is 10.5. The molecule has 2 aliphatic carbocycles. The fourth-order valence-electron chi connectivity index (χ4n) is 5.32. The molecule has 5 rings (SSSR count). The third kappa shape index (κ3) is 3.35. The number of imidazole rings is 1. The molecule has 2 aromatic carbocycles. The number of aryl methyl sites for hydroxylation is 2. The highest BCUT2D eigenvalue weighted by atomic mass is 35.5. The Bertz CT molecular complexity index is 1020. The van der Waals surface area contributed by atoms with Gasteiger partial charge in [0.1, 0.15) is 5.82 Å². The smallest absolute Gasteiger partial charge is 0.106 e. The van der Waals surface area contributed by atoms with Crippen LogP contribution >= 0.6 is 11.6 Å². The molecule has 3 aromatic rings. The van der Waals surface area contributed by atoms with E-state index in [4.69, 9.17) is 16.6 Å². The Labute approximate surface area is 172 Å². The average molecular weight is 394 g/mol. The molecule has 3 atom stereocenters. The van der Waals surface area contributed by atoms with E-state index in [1.807, 2.05) is 6.07 Å². The minimum Gasteiger partial charge on any atom is -0.325 e. The molecule has 0 spiro atoms. The number of benzene rings is 2. The van der Waals surface area contributed by atoms with E-state index in [1.54, 1.807) is 0 Å². The molecular weight excluding hydrogens is 366 g/mol. The predicted octanol–water partition coefficient (Wildman–Crippen LogP) is 5.40. The first-order chi connectivity index (χ1) is 13.6. The molecule has 4 heteroatoms. The molecule has 1 saturated carbocycles. The van der Waals surface area contributed by atoms with Crippen LogP contribution in [-0.4, -0.2) is 22.1 Å². The van der Waals surface area contributed by atoms with Gasteiger partial charge in [0.25, 0.3) is 0 Å². The summed E-state index contributed by atoms with van der Waals surface area (Å²) in [5.74, 6) is 1.85. The monoisotopic (exact) mass is 393 g/mol. The van der Waals surface area contributed by atoms with Crippen molar-refractivity contribution < 1.29 is 0 Å². The first-order valence-corrected chi connectivity index (χ1v) is 10.9. The van der Waals surface area contributed by atoms with Crippen LogP contribution in [-0.2, 0) is 12.8 Å². The normalized spacial score (nSPS) is 24.2. The topological polar surface area (TPSA) is 29.9 Å². The van der Waals surface area contributed by atoms with E-state index in [-0.39, 0.29) is 0 Å². The van der Waals surface area contributed by atoms with Crippen LogP contribution in [0.15, 0.2) is 36.4 Å². The van der Waals surface area contributed by atoms with Gasteiger partial charge in [0.15, 0.2) is 0 Å². The minimum absolute atomic E-state index is 0.560. The second kappa shape index (κ2) is 7.20. The minimum atomic E-state index is 0.560. The summed E-state index contributed by atoms with van der Waals surface area (Å²) >= 11 is 6.16. The number of nitrogens with one attached hydrogen (secondary N) is 1. The average Bonchev–Trinajstić information content (AvgIpc) is 3.35. The fraction of sp³-hybridized carbons (Fsp3) is 0.458. The van der Waals surface area contributed by atoms with Gasteiger partial charge in [-0.05, 0) is 99.4 Å². The summed E-state index contributed by atoms with van der Waals surface area (Å²) in [6.07, 6.45) is 6.02. The molecule has 0 aliphatic heterocycles. The van der Waals surface area contributed by atoms with E-state index in [0.717, 1.165) is 29.3 Å². The molecular formula is C24H28ClN3. The maximum absolute atomic E-state index is 6.16. The second-order valence-electron chi connectivity index (χ2n) is 8.78. The molecule has 0 saturated heterocycles. The number of hydrogen-bond acceptors (Lipinski definition) is 2. The highest BCUT2D eigenvalue weighted by Gasteiger charge is 2.29. The number of nitrogens with zero attached hydrogens (tertiary/aromatic N) is 2. The maximum Gasteiger partial charge on any atom is 0.106 e. The van der Waals surface area contributed by atoms with Gasteiger partial charge in [0.2, 0.25) is 0 Å². The Morgan fingerprint density at radius 2 is 1.93 bits per heavy atom. The zero-order chi connectivity index (χ0) is 19.3. The molecule has 0 amide bonds. The van der Waals surface area contributed by atoms with Gasteiger partial charge in [-0.25, -0.2) is 4.98 Å². The number of fused-ring (bicyclic) bond motifs is 2. The van der Waals surface area contributed by atoms with Crippen LogP contribution in [0.4, 0.5) is 0 Å². The molecule has 3 unspecified atom stereocenters. The van der Waals surface area contributed by atoms with E-state index >= 15 is 0 Å². The Morgan fingerprint density at radius 1 is 1.07 bits per heavy atom. The van der Waals surface area contributed by atoms with E-state index in [2.05, 4.69) is 54.1 Å². The van der Waals surface area contributed by atoms with Crippen molar-refractivity contribution in [2.75, 3.05) is 6.54 Å². The van der Waals surface area contributed by atoms with Crippen LogP contribution < -0.4 is 5.32 Å². The molecule has 1 heterocycles. The van der Waals surface area contributed by atoms with E-state index in [1.165, 1.54) is 47.9 Å². The summed E-state index contributed by atoms with van der Waals surface area (Å²) in [7, 11) is 0. The molecule has 0 radical (unpaired) electrons. The lowest BCUT2D eigenvalue weighted by Gasteiger charge is -2.18. The maximum atomic E-state index is 6.16. The first kappa shape index (κ1) is 18.2. The highest BCUT2D eigenvalue weighted by molar-refractivity contribution is 6.30. The van der Waals surface area contributed by atoms with Crippen molar-refractivity contribution >= 4 is 22.6 Å². The van der Waals surface area contributed by atoms with Gasteiger partial charge in [0.05, 0.1) is 11.0 Å². The van der Waals surface area contributed by atoms with Crippen molar-refractivity contribution in [1.82, 2.24) is 14.9 Å². The Morgan fingerprint density at radius 3 is 2.82 bits per heavy atom. The Balaban J connectivity index is 1.22. The van der Waals surface area contributed by atoms with Crippen molar-refractivity contribution in [3.05, 3.63) is 63.9 Å². The molecule has 2 aliphatic rings. The standard InChI is InChI=1S/C24H28ClN3/c1-15-3-8-24-23(9-15)27-16(2)28(24)22-7-6-21(13-22)26-14-17-10-18-4-5-20(25)12-19(18)11-17/h3-5,8-9,12,17,21-22,26H,6-7,10-11,13-14H2,1-2H3. The van der Waals surface area contributed by atoms with Gasteiger partial charge in [-0.2, -0.15) is 0 Å². The molecule has 3 nitrogen and oxygen atoms in total. The van der Waals surface area contributed by atoms with Gasteiger partial charge in [-0.15, -0.1) is 0 Å². The fourth-order valence-corrected chi connectivity index (χ4v) is 5.52. The van der Waals surface area contributed by atoms with Gasteiger partial charge in [-0.1, -0.05) is 23.7 Å². The third-order valence-electron chi connectivity index (χ3n) is 6.67. The van der Waals surface area contributed by atoms with Crippen LogP contribution in [0.2, 0.25) is 5.02 Å². The van der Waals surface area contributed by atoms with E-state index in [9.17, 15) is 0 Å². The second-order valence-corrected chi connectivity index (χ2v) is 9.22. The summed E-state index contributed by atoms with van der Waals surface area (Å²) in [6.45, 7) is 5.39. The van der Waals surface area contributed by atoms with Crippen LogP contribution in [0.5, 0.6) is 0 Å². The molecule has 0 bridgehead atoms. The van der Waals surface area contributed by atoms with Crippen molar-refractivity contribution in [2.24, 2.45) is 5.92 Å². The zero-order valence-electron chi connectivity index (χ0n) is 16.7. The Hall–Kier alpha value is -1.84. The van der Waals surface area contributed by atoms with E-state index < -0.39 is 0 Å². The SMILES string of the molecule is Cc1ccc2c(c1)nc(C)n2C1CCC(NCC2Cc3ccc(Cl)cc3C2)C1. The lowest BCUT2D eigenvalue weighted by atomic mass is 10.1. The summed E-state index contributed by atoms with van der Waals surface area (Å²) in [6, 6.07) is 14.2. The lowest BCUT2D eigenvalue weighted by Crippen LogP contribution is -2.32. The highest BCUT2D eigenvalue weighted by Crippen LogP contribution is 2.35. The van der Waals surface area contributed by atoms with E-state index in [0.29, 0.717) is 18.0 Å². The molecule has 28 heavy (non-hydrogen) atoms. The van der Waals surface area contributed by atoms with Gasteiger partial charge in [-0.3, -0.25) is 0 Å². The Kier molecular flexibility index (Phi) is 4.68. The van der Waals surface area contributed by atoms with Crippen molar-refractivity contribution in [1.29, 1.82) is 0 Å². The molecule has 146 valence electrons. The van der Waals surface area contributed by atoms with Gasteiger partial charge >= 0.3 is 0 Å². The summed E-state index contributed by atoms with van der Waals surface area (Å²) < 4.78 is 2.48. The third-order valence-corrected chi connectivity index (χ3v) is 6.91. The molecule has 1 fully saturated rings. The summed E-state index contributed by atoms with van der Waals surface area (Å²) in [5, 5.41) is 4.74. The number of aromatic nitrogens is 2.